The van der Waals surface area contributed by atoms with Crippen LogP contribution in [0.5, 0.6) is 0 Å². The Labute approximate surface area is 198 Å². The summed E-state index contributed by atoms with van der Waals surface area (Å²) >= 11 is 6.01. The Bertz CT molecular complexity index is 1230. The number of hydrogen-bond donors (Lipinski definition) is 1. The monoisotopic (exact) mass is 457 g/mol. The van der Waals surface area contributed by atoms with Gasteiger partial charge in [-0.05, 0) is 73.9 Å². The van der Waals surface area contributed by atoms with Gasteiger partial charge in [-0.3, -0.25) is 9.59 Å². The van der Waals surface area contributed by atoms with Gasteiger partial charge in [0.2, 0.25) is 0 Å². The average molecular weight is 458 g/mol. The van der Waals surface area contributed by atoms with Crippen LogP contribution in [-0.4, -0.2) is 24.9 Å². The van der Waals surface area contributed by atoms with Gasteiger partial charge in [-0.2, -0.15) is 0 Å². The Morgan fingerprint density at radius 1 is 0.758 bits per heavy atom. The van der Waals surface area contributed by atoms with Crippen LogP contribution >= 0.6 is 11.6 Å². The fraction of sp³-hybridized carbons (Fsp3) is 0.185. The topological polar surface area (TPSA) is 52.7 Å². The molecular weight excluding hydrogens is 434 g/mol. The molecule has 1 N–H and O–H groups in total. The lowest BCUT2D eigenvalue weighted by Crippen LogP contribution is -2.32. The number of nitrogens with one attached hydrogen (secondary N) is 1. The third kappa shape index (κ3) is 4.12. The van der Waals surface area contributed by atoms with E-state index in [4.69, 9.17) is 11.6 Å². The van der Waals surface area contributed by atoms with E-state index >= 15 is 0 Å². The maximum absolute atomic E-state index is 13.5. The molecule has 1 fully saturated rings. The number of amides is 2. The molecule has 2 aliphatic heterocycles. The van der Waals surface area contributed by atoms with Gasteiger partial charge in [-0.25, -0.2) is 4.90 Å². The van der Waals surface area contributed by atoms with Crippen LogP contribution in [0.15, 0.2) is 78.5 Å². The summed E-state index contributed by atoms with van der Waals surface area (Å²) in [5.74, 6) is -0.746. The van der Waals surface area contributed by atoms with E-state index in [2.05, 4.69) is 22.3 Å². The number of nitrogens with zero attached hydrogens (tertiary/aromatic N) is 2. The number of aryl methyl sites for hydroxylation is 1. The van der Waals surface area contributed by atoms with Crippen LogP contribution < -0.4 is 15.1 Å². The van der Waals surface area contributed by atoms with E-state index in [0.29, 0.717) is 21.8 Å². The van der Waals surface area contributed by atoms with Crippen LogP contribution in [-0.2, 0) is 9.59 Å². The molecule has 1 saturated heterocycles. The molecule has 0 aliphatic carbocycles. The lowest BCUT2D eigenvalue weighted by atomic mass is 10.0. The Hall–Kier alpha value is -3.57. The van der Waals surface area contributed by atoms with E-state index in [1.165, 1.54) is 23.4 Å². The van der Waals surface area contributed by atoms with E-state index in [9.17, 15) is 9.59 Å². The van der Waals surface area contributed by atoms with Crippen LogP contribution in [0.2, 0.25) is 5.02 Å². The van der Waals surface area contributed by atoms with E-state index < -0.39 is 0 Å². The van der Waals surface area contributed by atoms with Gasteiger partial charge in [0.05, 0.1) is 11.3 Å². The number of carbonyl (C=O) groups is 2. The van der Waals surface area contributed by atoms with Crippen molar-refractivity contribution in [3.8, 4) is 0 Å². The quantitative estimate of drug-likeness (QED) is 0.503. The summed E-state index contributed by atoms with van der Waals surface area (Å²) < 4.78 is 0. The number of benzene rings is 3. The maximum Gasteiger partial charge on any atom is 0.282 e. The highest BCUT2D eigenvalue weighted by molar-refractivity contribution is 6.46. The number of carbonyl (C=O) groups excluding carboxylic acids is 2. The first kappa shape index (κ1) is 21.3. The minimum Gasteiger partial charge on any atom is -0.372 e. The van der Waals surface area contributed by atoms with Gasteiger partial charge >= 0.3 is 0 Å². The Morgan fingerprint density at radius 3 is 2.00 bits per heavy atom. The summed E-state index contributed by atoms with van der Waals surface area (Å²) in [6, 6.07) is 22.3. The molecule has 0 saturated carbocycles. The number of halogens is 1. The van der Waals surface area contributed by atoms with Crippen LogP contribution in [0.1, 0.15) is 24.0 Å². The zero-order valence-electron chi connectivity index (χ0n) is 18.3. The van der Waals surface area contributed by atoms with E-state index in [1.807, 2.05) is 43.3 Å². The van der Waals surface area contributed by atoms with Gasteiger partial charge in [-0.15, -0.1) is 0 Å². The second-order valence-electron chi connectivity index (χ2n) is 8.40. The molecule has 33 heavy (non-hydrogen) atoms. The molecule has 2 aliphatic rings. The highest BCUT2D eigenvalue weighted by Gasteiger charge is 2.40. The minimum absolute atomic E-state index is 0.271. The molecule has 3 aromatic rings. The van der Waals surface area contributed by atoms with Gasteiger partial charge in [0.1, 0.15) is 5.70 Å². The summed E-state index contributed by atoms with van der Waals surface area (Å²) in [6.45, 7) is 4.12. The highest BCUT2D eigenvalue weighted by Crippen LogP contribution is 2.34. The number of imide groups is 1. The molecular formula is C27H24ClN3O2. The molecule has 2 amide bonds. The average Bonchev–Trinajstić information content (AvgIpc) is 3.44. The number of rotatable bonds is 5. The normalized spacial score (nSPS) is 16.2. The molecule has 2 heterocycles. The van der Waals surface area contributed by atoms with Crippen molar-refractivity contribution < 1.29 is 9.59 Å². The molecule has 0 spiro atoms. The lowest BCUT2D eigenvalue weighted by Gasteiger charge is -2.18. The van der Waals surface area contributed by atoms with Crippen LogP contribution in [0, 0.1) is 6.92 Å². The molecule has 0 radical (unpaired) electrons. The molecule has 0 atom stereocenters. The first-order chi connectivity index (χ1) is 16.0. The van der Waals surface area contributed by atoms with Gasteiger partial charge < -0.3 is 10.2 Å². The summed E-state index contributed by atoms with van der Waals surface area (Å²) in [5, 5.41) is 3.78. The Kier molecular flexibility index (Phi) is 5.65. The molecule has 0 unspecified atom stereocenters. The molecule has 0 aromatic heterocycles. The second kappa shape index (κ2) is 8.75. The van der Waals surface area contributed by atoms with E-state index in [-0.39, 0.29) is 17.5 Å². The van der Waals surface area contributed by atoms with Crippen molar-refractivity contribution in [3.05, 3.63) is 94.6 Å². The third-order valence-corrected chi connectivity index (χ3v) is 6.37. The van der Waals surface area contributed by atoms with Crippen molar-refractivity contribution in [1.29, 1.82) is 0 Å². The third-order valence-electron chi connectivity index (χ3n) is 6.12. The van der Waals surface area contributed by atoms with Crippen molar-refractivity contribution in [1.82, 2.24) is 0 Å². The van der Waals surface area contributed by atoms with Crippen molar-refractivity contribution in [2.75, 3.05) is 28.2 Å². The van der Waals surface area contributed by atoms with Gasteiger partial charge in [-0.1, -0.05) is 41.4 Å². The minimum atomic E-state index is -0.387. The van der Waals surface area contributed by atoms with Crippen LogP contribution in [0.3, 0.4) is 0 Å². The fourth-order valence-corrected chi connectivity index (χ4v) is 4.46. The zero-order valence-corrected chi connectivity index (χ0v) is 19.1. The molecule has 3 aromatic carbocycles. The fourth-order valence-electron chi connectivity index (χ4n) is 4.33. The Balaban J connectivity index is 1.51. The van der Waals surface area contributed by atoms with Crippen molar-refractivity contribution >= 4 is 46.1 Å². The van der Waals surface area contributed by atoms with Gasteiger partial charge in [0.15, 0.2) is 0 Å². The first-order valence-electron chi connectivity index (χ1n) is 11.1. The van der Waals surface area contributed by atoms with Gasteiger partial charge in [0.25, 0.3) is 11.8 Å². The summed E-state index contributed by atoms with van der Waals surface area (Å²) in [7, 11) is 0. The second-order valence-corrected chi connectivity index (χ2v) is 8.84. The van der Waals surface area contributed by atoms with E-state index in [0.717, 1.165) is 24.3 Å². The molecule has 166 valence electrons. The standard InChI is InChI=1S/C27H24ClN3O2/c1-18-4-6-19(7-5-18)24-25(27(33)31(26(24)32)23-12-8-20(28)9-13-23)29-21-10-14-22(15-11-21)30-16-2-3-17-30/h4-15,29H,2-3,16-17H2,1H3. The molecule has 5 nitrogen and oxygen atoms in total. The van der Waals surface area contributed by atoms with Gasteiger partial charge in [0, 0.05) is 29.5 Å². The van der Waals surface area contributed by atoms with Crippen molar-refractivity contribution in [2.24, 2.45) is 0 Å². The largest absolute Gasteiger partial charge is 0.372 e. The van der Waals surface area contributed by atoms with Crippen molar-refractivity contribution in [2.45, 2.75) is 19.8 Å². The summed E-state index contributed by atoms with van der Waals surface area (Å²) in [6.07, 6.45) is 2.42. The zero-order chi connectivity index (χ0) is 22.9. The number of hydrogen-bond acceptors (Lipinski definition) is 4. The number of anilines is 3. The maximum atomic E-state index is 13.5. The van der Waals surface area contributed by atoms with Crippen LogP contribution in [0.25, 0.3) is 5.57 Å². The SMILES string of the molecule is Cc1ccc(C2=C(Nc3ccc(N4CCCC4)cc3)C(=O)N(c3ccc(Cl)cc3)C2=O)cc1. The lowest BCUT2D eigenvalue weighted by molar-refractivity contribution is -0.120. The summed E-state index contributed by atoms with van der Waals surface area (Å²) in [5.41, 5.74) is 4.83. The van der Waals surface area contributed by atoms with E-state index in [1.54, 1.807) is 24.3 Å². The predicted molar refractivity (Wildman–Crippen MR) is 134 cm³/mol. The highest BCUT2D eigenvalue weighted by atomic mass is 35.5. The predicted octanol–water partition coefficient (Wildman–Crippen LogP) is 5.65. The van der Waals surface area contributed by atoms with Crippen molar-refractivity contribution in [3.63, 3.8) is 0 Å². The smallest absolute Gasteiger partial charge is 0.282 e. The molecule has 6 heteroatoms. The van der Waals surface area contributed by atoms with Crippen LogP contribution in [0.4, 0.5) is 17.1 Å². The Morgan fingerprint density at radius 2 is 1.36 bits per heavy atom. The summed E-state index contributed by atoms with van der Waals surface area (Å²) in [4.78, 5) is 30.5. The molecule has 0 bridgehead atoms. The first-order valence-corrected chi connectivity index (χ1v) is 11.5. The molecule has 5 rings (SSSR count).